The zero-order valence-electron chi connectivity index (χ0n) is 9.73. The number of likely N-dealkylation sites (N-methyl/N-ethyl adjacent to an activating group) is 1. The van der Waals surface area contributed by atoms with E-state index in [1.807, 2.05) is 12.1 Å². The summed E-state index contributed by atoms with van der Waals surface area (Å²) in [4.78, 5) is 2.16. The van der Waals surface area contributed by atoms with Gasteiger partial charge in [0.1, 0.15) is 5.75 Å². The van der Waals surface area contributed by atoms with Gasteiger partial charge in [0.15, 0.2) is 0 Å². The maximum Gasteiger partial charge on any atom is 0.118 e. The summed E-state index contributed by atoms with van der Waals surface area (Å²) in [6.07, 6.45) is 0.980. The standard InChI is InChI=1S/C12H20N2O/c1-14(2)11(9-13)8-10-4-6-12(15-3)7-5-10/h4-7,11H,8-9,13H2,1-3H3/t11-/m0/s1. The van der Waals surface area contributed by atoms with Crippen molar-refractivity contribution in [3.05, 3.63) is 29.8 Å². The van der Waals surface area contributed by atoms with Gasteiger partial charge in [0.25, 0.3) is 0 Å². The van der Waals surface area contributed by atoms with Crippen LogP contribution in [0.25, 0.3) is 0 Å². The van der Waals surface area contributed by atoms with Gasteiger partial charge in [-0.3, -0.25) is 0 Å². The number of ether oxygens (including phenoxy) is 1. The first-order valence-corrected chi connectivity index (χ1v) is 5.16. The Balaban J connectivity index is 2.63. The molecule has 0 aliphatic carbocycles. The van der Waals surface area contributed by atoms with Gasteiger partial charge in [-0.1, -0.05) is 12.1 Å². The number of hydrogen-bond acceptors (Lipinski definition) is 3. The molecule has 3 heteroatoms. The molecule has 0 aromatic heterocycles. The van der Waals surface area contributed by atoms with E-state index in [9.17, 15) is 0 Å². The first-order valence-electron chi connectivity index (χ1n) is 5.16. The van der Waals surface area contributed by atoms with Gasteiger partial charge >= 0.3 is 0 Å². The van der Waals surface area contributed by atoms with Crippen molar-refractivity contribution in [2.24, 2.45) is 5.73 Å². The highest BCUT2D eigenvalue weighted by molar-refractivity contribution is 5.27. The second-order valence-corrected chi connectivity index (χ2v) is 3.91. The number of methoxy groups -OCH3 is 1. The lowest BCUT2D eigenvalue weighted by molar-refractivity contribution is 0.298. The van der Waals surface area contributed by atoms with Crippen LogP contribution in [0.1, 0.15) is 5.56 Å². The molecule has 0 saturated heterocycles. The first kappa shape index (κ1) is 12.0. The maximum atomic E-state index is 5.71. The van der Waals surface area contributed by atoms with Crippen LogP contribution in [0.2, 0.25) is 0 Å². The average molecular weight is 208 g/mol. The van der Waals surface area contributed by atoms with E-state index in [1.54, 1.807) is 7.11 Å². The second kappa shape index (κ2) is 5.73. The molecule has 0 saturated carbocycles. The summed E-state index contributed by atoms with van der Waals surface area (Å²) >= 11 is 0. The number of rotatable bonds is 5. The maximum absolute atomic E-state index is 5.71. The Kier molecular flexibility index (Phi) is 4.59. The van der Waals surface area contributed by atoms with Gasteiger partial charge in [-0.15, -0.1) is 0 Å². The molecule has 0 radical (unpaired) electrons. The summed E-state index contributed by atoms with van der Waals surface area (Å²) in [5.74, 6) is 0.896. The third-order valence-corrected chi connectivity index (χ3v) is 2.63. The van der Waals surface area contributed by atoms with Crippen LogP contribution in [0.3, 0.4) is 0 Å². The summed E-state index contributed by atoms with van der Waals surface area (Å²) < 4.78 is 5.11. The zero-order chi connectivity index (χ0) is 11.3. The molecule has 0 aliphatic heterocycles. The van der Waals surface area contributed by atoms with Gasteiger partial charge in [0.2, 0.25) is 0 Å². The van der Waals surface area contributed by atoms with Gasteiger partial charge < -0.3 is 15.4 Å². The molecule has 0 amide bonds. The topological polar surface area (TPSA) is 38.5 Å². The summed E-state index contributed by atoms with van der Waals surface area (Å²) in [7, 11) is 5.79. The van der Waals surface area contributed by atoms with Crippen LogP contribution in [-0.4, -0.2) is 38.7 Å². The predicted molar refractivity (Wildman–Crippen MR) is 63.2 cm³/mol. The molecule has 0 aliphatic rings. The second-order valence-electron chi connectivity index (χ2n) is 3.91. The van der Waals surface area contributed by atoms with E-state index < -0.39 is 0 Å². The molecule has 1 aromatic rings. The van der Waals surface area contributed by atoms with Gasteiger partial charge in [-0.05, 0) is 38.2 Å². The van der Waals surface area contributed by atoms with E-state index in [4.69, 9.17) is 10.5 Å². The van der Waals surface area contributed by atoms with Crippen molar-refractivity contribution in [3.8, 4) is 5.75 Å². The Bertz CT molecular complexity index is 282. The normalized spacial score (nSPS) is 12.9. The SMILES string of the molecule is COc1ccc(C[C@@H](CN)N(C)C)cc1. The molecule has 0 heterocycles. The number of nitrogens with zero attached hydrogens (tertiary/aromatic N) is 1. The van der Waals surface area contributed by atoms with Crippen molar-refractivity contribution >= 4 is 0 Å². The molecule has 1 atom stereocenters. The lowest BCUT2D eigenvalue weighted by Gasteiger charge is -2.22. The Morgan fingerprint density at radius 1 is 1.27 bits per heavy atom. The zero-order valence-corrected chi connectivity index (χ0v) is 9.73. The van der Waals surface area contributed by atoms with Gasteiger partial charge in [0, 0.05) is 12.6 Å². The van der Waals surface area contributed by atoms with Gasteiger partial charge in [-0.2, -0.15) is 0 Å². The Morgan fingerprint density at radius 3 is 2.27 bits per heavy atom. The van der Waals surface area contributed by atoms with Crippen LogP contribution < -0.4 is 10.5 Å². The molecule has 1 rings (SSSR count). The minimum absolute atomic E-state index is 0.401. The molecule has 1 aromatic carbocycles. The fraction of sp³-hybridized carbons (Fsp3) is 0.500. The third kappa shape index (κ3) is 3.53. The number of hydrogen-bond donors (Lipinski definition) is 1. The van der Waals surface area contributed by atoms with Crippen LogP contribution in [0, 0.1) is 0 Å². The van der Waals surface area contributed by atoms with Crippen molar-refractivity contribution in [3.63, 3.8) is 0 Å². The molecule has 3 nitrogen and oxygen atoms in total. The van der Waals surface area contributed by atoms with Crippen LogP contribution >= 0.6 is 0 Å². The third-order valence-electron chi connectivity index (χ3n) is 2.63. The minimum Gasteiger partial charge on any atom is -0.497 e. The van der Waals surface area contributed by atoms with Gasteiger partial charge in [-0.25, -0.2) is 0 Å². The van der Waals surface area contributed by atoms with Crippen molar-refractivity contribution in [2.75, 3.05) is 27.7 Å². The van der Waals surface area contributed by atoms with E-state index >= 15 is 0 Å². The number of nitrogens with two attached hydrogens (primary N) is 1. The lowest BCUT2D eigenvalue weighted by Crippen LogP contribution is -2.36. The minimum atomic E-state index is 0.401. The van der Waals surface area contributed by atoms with E-state index in [-0.39, 0.29) is 0 Å². The Morgan fingerprint density at radius 2 is 1.87 bits per heavy atom. The van der Waals surface area contributed by atoms with Crippen LogP contribution in [-0.2, 0) is 6.42 Å². The lowest BCUT2D eigenvalue weighted by atomic mass is 10.1. The molecule has 84 valence electrons. The summed E-state index contributed by atoms with van der Waals surface area (Å²) in [6.45, 7) is 0.680. The van der Waals surface area contributed by atoms with Crippen molar-refractivity contribution < 1.29 is 4.74 Å². The van der Waals surface area contributed by atoms with Gasteiger partial charge in [0.05, 0.1) is 7.11 Å². The van der Waals surface area contributed by atoms with E-state index in [2.05, 4.69) is 31.1 Å². The molecular formula is C12H20N2O. The molecule has 0 spiro atoms. The fourth-order valence-corrected chi connectivity index (χ4v) is 1.51. The van der Waals surface area contributed by atoms with Crippen LogP contribution in [0.15, 0.2) is 24.3 Å². The van der Waals surface area contributed by atoms with E-state index in [0.717, 1.165) is 12.2 Å². The highest BCUT2D eigenvalue weighted by atomic mass is 16.5. The largest absolute Gasteiger partial charge is 0.497 e. The van der Waals surface area contributed by atoms with E-state index in [0.29, 0.717) is 12.6 Å². The van der Waals surface area contributed by atoms with Crippen molar-refractivity contribution in [2.45, 2.75) is 12.5 Å². The molecule has 0 unspecified atom stereocenters. The van der Waals surface area contributed by atoms with Crippen molar-refractivity contribution in [1.29, 1.82) is 0 Å². The summed E-state index contributed by atoms with van der Waals surface area (Å²) in [5.41, 5.74) is 7.00. The summed E-state index contributed by atoms with van der Waals surface area (Å²) in [5, 5.41) is 0. The molecule has 0 bridgehead atoms. The molecule has 2 N–H and O–H groups in total. The fourth-order valence-electron chi connectivity index (χ4n) is 1.51. The average Bonchev–Trinajstić information content (AvgIpc) is 2.26. The van der Waals surface area contributed by atoms with Crippen LogP contribution in [0.5, 0.6) is 5.75 Å². The Labute approximate surface area is 91.8 Å². The molecule has 0 fully saturated rings. The highest BCUT2D eigenvalue weighted by Gasteiger charge is 2.09. The quantitative estimate of drug-likeness (QED) is 0.788. The molecule has 15 heavy (non-hydrogen) atoms. The Hall–Kier alpha value is -1.06. The van der Waals surface area contributed by atoms with Crippen molar-refractivity contribution in [1.82, 2.24) is 4.90 Å². The highest BCUT2D eigenvalue weighted by Crippen LogP contribution is 2.13. The smallest absolute Gasteiger partial charge is 0.118 e. The monoisotopic (exact) mass is 208 g/mol. The van der Waals surface area contributed by atoms with E-state index in [1.165, 1.54) is 5.56 Å². The number of benzene rings is 1. The first-order chi connectivity index (χ1) is 7.17. The summed E-state index contributed by atoms with van der Waals surface area (Å²) in [6, 6.07) is 8.55. The van der Waals surface area contributed by atoms with Crippen LogP contribution in [0.4, 0.5) is 0 Å². The predicted octanol–water partition coefficient (Wildman–Crippen LogP) is 1.13. The molecular weight excluding hydrogens is 188 g/mol.